The predicted molar refractivity (Wildman–Crippen MR) is 45.5 cm³/mol. The number of carbonyl (C=O) groups is 1. The van der Waals surface area contributed by atoms with Gasteiger partial charge in [0, 0.05) is 18.9 Å². The summed E-state index contributed by atoms with van der Waals surface area (Å²) < 4.78 is 5.29. The van der Waals surface area contributed by atoms with Crippen LogP contribution in [0.3, 0.4) is 0 Å². The topological polar surface area (TPSA) is 47.6 Å². The summed E-state index contributed by atoms with van der Waals surface area (Å²) in [5.74, 6) is 0.206. The monoisotopic (exact) mass is 185 g/mol. The molecule has 1 saturated carbocycles. The van der Waals surface area contributed by atoms with Gasteiger partial charge in [-0.15, -0.1) is 0 Å². The maximum Gasteiger partial charge on any atom is 0.246 e. The third-order valence-electron chi connectivity index (χ3n) is 2.38. The van der Waals surface area contributed by atoms with Crippen LogP contribution in [-0.4, -0.2) is 18.8 Å². The summed E-state index contributed by atoms with van der Waals surface area (Å²) in [6.45, 7) is 0.740. The molecule has 0 bridgehead atoms. The Bertz CT molecular complexity index is 185. The molecule has 4 heteroatoms. The van der Waals surface area contributed by atoms with Crippen LogP contribution in [0.4, 0.5) is 0 Å². The Morgan fingerprint density at radius 1 is 1.31 bits per heavy atom. The first-order valence-electron chi connectivity index (χ1n) is 4.93. The molecule has 0 aromatic rings. The fourth-order valence-corrected chi connectivity index (χ4v) is 1.36. The van der Waals surface area contributed by atoms with Crippen LogP contribution in [0.2, 0.25) is 0 Å². The first-order valence-corrected chi connectivity index (χ1v) is 4.93. The van der Waals surface area contributed by atoms with E-state index >= 15 is 0 Å². The van der Waals surface area contributed by atoms with E-state index in [2.05, 4.69) is 5.48 Å². The zero-order chi connectivity index (χ0) is 9.10. The summed E-state index contributed by atoms with van der Waals surface area (Å²) in [6.07, 6.45) is 4.86. The first kappa shape index (κ1) is 8.97. The highest BCUT2D eigenvalue weighted by Gasteiger charge is 2.30. The molecule has 1 amide bonds. The van der Waals surface area contributed by atoms with E-state index in [9.17, 15) is 4.79 Å². The fraction of sp³-hybridized carbons (Fsp3) is 0.889. The van der Waals surface area contributed by atoms with Crippen molar-refractivity contribution in [1.29, 1.82) is 0 Å². The molecule has 0 aromatic carbocycles. The Morgan fingerprint density at radius 2 is 2.15 bits per heavy atom. The summed E-state index contributed by atoms with van der Waals surface area (Å²) in [7, 11) is 0. The number of ether oxygens (including phenoxy) is 1. The van der Waals surface area contributed by atoms with Gasteiger partial charge in [-0.2, -0.15) is 0 Å². The lowest BCUT2D eigenvalue weighted by Gasteiger charge is -2.21. The predicted octanol–water partition coefficient (Wildman–Crippen LogP) is 0.971. The van der Waals surface area contributed by atoms with Crippen LogP contribution < -0.4 is 5.48 Å². The van der Waals surface area contributed by atoms with Gasteiger partial charge in [-0.3, -0.25) is 4.79 Å². The van der Waals surface area contributed by atoms with Crippen molar-refractivity contribution in [1.82, 2.24) is 5.48 Å². The van der Waals surface area contributed by atoms with Crippen LogP contribution in [-0.2, 0) is 14.4 Å². The van der Waals surface area contributed by atoms with E-state index in [1.165, 1.54) is 0 Å². The van der Waals surface area contributed by atoms with E-state index in [0.29, 0.717) is 0 Å². The Kier molecular flexibility index (Phi) is 2.80. The fourth-order valence-electron chi connectivity index (χ4n) is 1.36. The zero-order valence-corrected chi connectivity index (χ0v) is 7.62. The van der Waals surface area contributed by atoms with E-state index in [1.807, 2.05) is 0 Å². The minimum Gasteiger partial charge on any atom is -0.350 e. The quantitative estimate of drug-likeness (QED) is 0.666. The molecule has 74 valence electrons. The molecule has 1 saturated heterocycles. The molecule has 0 spiro atoms. The molecular weight excluding hydrogens is 170 g/mol. The smallest absolute Gasteiger partial charge is 0.246 e. The number of carbonyl (C=O) groups excluding carboxylic acids is 1. The lowest BCUT2D eigenvalue weighted by Crippen LogP contribution is -2.33. The standard InChI is InChI=1S/C9H15NO3/c11-9(7-4-5-7)10-13-8-3-1-2-6-12-8/h7-8H,1-6H2,(H,10,11). The second-order valence-electron chi connectivity index (χ2n) is 3.65. The lowest BCUT2D eigenvalue weighted by atomic mass is 10.2. The van der Waals surface area contributed by atoms with Gasteiger partial charge in [0.2, 0.25) is 5.91 Å². The molecule has 4 nitrogen and oxygen atoms in total. The largest absolute Gasteiger partial charge is 0.350 e. The molecule has 2 aliphatic rings. The Morgan fingerprint density at radius 3 is 2.77 bits per heavy atom. The minimum absolute atomic E-state index is 0.00849. The van der Waals surface area contributed by atoms with Crippen LogP contribution >= 0.6 is 0 Å². The Hall–Kier alpha value is -0.610. The number of hydrogen-bond donors (Lipinski definition) is 1. The van der Waals surface area contributed by atoms with Crippen molar-refractivity contribution < 1.29 is 14.4 Å². The van der Waals surface area contributed by atoms with E-state index in [0.717, 1.165) is 38.7 Å². The number of amides is 1. The van der Waals surface area contributed by atoms with E-state index < -0.39 is 0 Å². The number of hydroxylamine groups is 1. The third kappa shape index (κ3) is 2.67. The maximum absolute atomic E-state index is 11.2. The summed E-state index contributed by atoms with van der Waals surface area (Å²) in [5, 5.41) is 0. The summed E-state index contributed by atoms with van der Waals surface area (Å²) in [4.78, 5) is 16.3. The molecule has 13 heavy (non-hydrogen) atoms. The van der Waals surface area contributed by atoms with Gasteiger partial charge in [0.15, 0.2) is 6.29 Å². The van der Waals surface area contributed by atoms with Crippen LogP contribution in [0.5, 0.6) is 0 Å². The summed E-state index contributed by atoms with van der Waals surface area (Å²) >= 11 is 0. The highest BCUT2D eigenvalue weighted by atomic mass is 16.8. The molecule has 2 fully saturated rings. The first-order chi connectivity index (χ1) is 6.36. The van der Waals surface area contributed by atoms with Crippen molar-refractivity contribution in [2.45, 2.75) is 38.4 Å². The van der Waals surface area contributed by atoms with Crippen LogP contribution in [0, 0.1) is 5.92 Å². The number of hydrogen-bond acceptors (Lipinski definition) is 3. The van der Waals surface area contributed by atoms with Crippen molar-refractivity contribution in [3.05, 3.63) is 0 Å². The molecule has 0 radical (unpaired) electrons. The molecule has 1 aliphatic heterocycles. The van der Waals surface area contributed by atoms with E-state index in [1.54, 1.807) is 0 Å². The van der Waals surface area contributed by atoms with Gasteiger partial charge in [0.25, 0.3) is 0 Å². The average Bonchev–Trinajstić information content (AvgIpc) is 2.99. The van der Waals surface area contributed by atoms with Gasteiger partial charge in [0.05, 0.1) is 0 Å². The second kappa shape index (κ2) is 4.07. The van der Waals surface area contributed by atoms with Crippen LogP contribution in [0.1, 0.15) is 32.1 Å². The van der Waals surface area contributed by atoms with E-state index in [-0.39, 0.29) is 18.1 Å². The second-order valence-corrected chi connectivity index (χ2v) is 3.65. The molecule has 2 rings (SSSR count). The average molecular weight is 185 g/mol. The van der Waals surface area contributed by atoms with Gasteiger partial charge in [-0.1, -0.05) is 0 Å². The highest BCUT2D eigenvalue weighted by Crippen LogP contribution is 2.28. The molecule has 1 aliphatic carbocycles. The molecule has 1 unspecified atom stereocenters. The van der Waals surface area contributed by atoms with Crippen molar-refractivity contribution in [3.8, 4) is 0 Å². The van der Waals surface area contributed by atoms with E-state index in [4.69, 9.17) is 9.57 Å². The van der Waals surface area contributed by atoms with Crippen LogP contribution in [0.25, 0.3) is 0 Å². The van der Waals surface area contributed by atoms with Crippen molar-refractivity contribution in [2.75, 3.05) is 6.61 Å². The van der Waals surface area contributed by atoms with Crippen LogP contribution in [0.15, 0.2) is 0 Å². The van der Waals surface area contributed by atoms with Crippen molar-refractivity contribution in [2.24, 2.45) is 5.92 Å². The van der Waals surface area contributed by atoms with Gasteiger partial charge in [0.1, 0.15) is 0 Å². The molecule has 1 heterocycles. The summed E-state index contributed by atoms with van der Waals surface area (Å²) in [5.41, 5.74) is 2.45. The minimum atomic E-state index is -0.226. The van der Waals surface area contributed by atoms with Gasteiger partial charge in [-0.25, -0.2) is 10.3 Å². The SMILES string of the molecule is O=C(NOC1CCCCO1)C1CC1. The van der Waals surface area contributed by atoms with Gasteiger partial charge >= 0.3 is 0 Å². The lowest BCUT2D eigenvalue weighted by molar-refractivity contribution is -0.201. The Balaban J connectivity index is 1.62. The molecule has 1 atom stereocenters. The zero-order valence-electron chi connectivity index (χ0n) is 7.62. The van der Waals surface area contributed by atoms with Crippen molar-refractivity contribution in [3.63, 3.8) is 0 Å². The molecule has 1 N–H and O–H groups in total. The van der Waals surface area contributed by atoms with Crippen molar-refractivity contribution >= 4 is 5.91 Å². The molecular formula is C9H15NO3. The number of rotatable bonds is 3. The highest BCUT2D eigenvalue weighted by molar-refractivity contribution is 5.79. The maximum atomic E-state index is 11.2. The number of nitrogens with one attached hydrogen (secondary N) is 1. The normalized spacial score (nSPS) is 28.5. The Labute approximate surface area is 77.5 Å². The summed E-state index contributed by atoms with van der Waals surface area (Å²) in [6, 6.07) is 0. The van der Waals surface area contributed by atoms with Gasteiger partial charge < -0.3 is 4.74 Å². The third-order valence-corrected chi connectivity index (χ3v) is 2.38. The van der Waals surface area contributed by atoms with Gasteiger partial charge in [-0.05, 0) is 25.7 Å². The molecule has 0 aromatic heterocycles.